The van der Waals surface area contributed by atoms with E-state index in [-0.39, 0.29) is 6.42 Å². The van der Waals surface area contributed by atoms with Crippen molar-refractivity contribution in [1.82, 2.24) is 4.98 Å². The fourth-order valence-electron chi connectivity index (χ4n) is 3.46. The molecule has 0 bridgehead atoms. The summed E-state index contributed by atoms with van der Waals surface area (Å²) in [5.41, 5.74) is 2.71. The van der Waals surface area contributed by atoms with Crippen LogP contribution in [0.4, 0.5) is 0 Å². The molecular weight excluding hydrogens is 414 g/mol. The summed E-state index contributed by atoms with van der Waals surface area (Å²) < 4.78 is 18.0. The van der Waals surface area contributed by atoms with Gasteiger partial charge in [-0.15, -0.1) is 11.3 Å². The summed E-state index contributed by atoms with van der Waals surface area (Å²) >= 11 is 1.58. The zero-order valence-corrected chi connectivity index (χ0v) is 18.1. The molecule has 2 heterocycles. The highest BCUT2D eigenvalue weighted by Gasteiger charge is 2.19. The van der Waals surface area contributed by atoms with E-state index in [1.54, 1.807) is 11.3 Å². The van der Waals surface area contributed by atoms with E-state index in [1.807, 2.05) is 60.8 Å². The maximum Gasteiger partial charge on any atom is 0.333 e. The molecule has 0 aliphatic rings. The summed E-state index contributed by atoms with van der Waals surface area (Å²) in [6.45, 7) is 2.34. The minimum Gasteiger partial charge on any atom is -0.493 e. The Kier molecular flexibility index (Phi) is 6.34. The fourth-order valence-corrected chi connectivity index (χ4v) is 4.37. The van der Waals surface area contributed by atoms with Crippen molar-refractivity contribution in [3.63, 3.8) is 0 Å². The van der Waals surface area contributed by atoms with E-state index >= 15 is 0 Å². The Balaban J connectivity index is 1.47. The highest BCUT2D eigenvalue weighted by atomic mass is 32.1. The van der Waals surface area contributed by atoms with Crippen molar-refractivity contribution in [1.29, 1.82) is 0 Å². The molecule has 31 heavy (non-hydrogen) atoms. The predicted molar refractivity (Wildman–Crippen MR) is 120 cm³/mol. The number of aliphatic carboxylic acids is 1. The summed E-state index contributed by atoms with van der Waals surface area (Å²) in [5.74, 6) is 1.11. The number of aryl methyl sites for hydroxylation is 1. The second-order valence-corrected chi connectivity index (χ2v) is 8.09. The van der Waals surface area contributed by atoms with Gasteiger partial charge in [-0.25, -0.2) is 9.78 Å². The number of oxazole rings is 1. The second kappa shape index (κ2) is 9.32. The van der Waals surface area contributed by atoms with Crippen LogP contribution in [0.2, 0.25) is 0 Å². The highest BCUT2D eigenvalue weighted by molar-refractivity contribution is 7.17. The monoisotopic (exact) mass is 437 g/mol. The Labute approximate surface area is 184 Å². The lowest BCUT2D eigenvalue weighted by molar-refractivity contribution is -0.148. The largest absolute Gasteiger partial charge is 0.493 e. The smallest absolute Gasteiger partial charge is 0.333 e. The fraction of sp³-hybridized carbons (Fsp3) is 0.250. The van der Waals surface area contributed by atoms with Gasteiger partial charge in [0.15, 0.2) is 6.10 Å². The number of rotatable bonds is 9. The molecule has 2 aromatic heterocycles. The first-order valence-corrected chi connectivity index (χ1v) is 10.8. The van der Waals surface area contributed by atoms with Crippen molar-refractivity contribution < 1.29 is 23.8 Å². The van der Waals surface area contributed by atoms with Crippen LogP contribution in [0.25, 0.3) is 21.5 Å². The van der Waals surface area contributed by atoms with Gasteiger partial charge in [0.1, 0.15) is 11.5 Å². The van der Waals surface area contributed by atoms with Gasteiger partial charge in [0.05, 0.1) is 12.3 Å². The molecule has 160 valence electrons. The van der Waals surface area contributed by atoms with Gasteiger partial charge in [0.25, 0.3) is 0 Å². The highest BCUT2D eigenvalue weighted by Crippen LogP contribution is 2.31. The lowest BCUT2D eigenvalue weighted by Crippen LogP contribution is -2.24. The van der Waals surface area contributed by atoms with E-state index in [1.165, 1.54) is 7.11 Å². The molecule has 0 spiro atoms. The van der Waals surface area contributed by atoms with E-state index in [0.717, 1.165) is 32.7 Å². The lowest BCUT2D eigenvalue weighted by Gasteiger charge is -2.13. The average Bonchev–Trinajstić information content (AvgIpc) is 3.39. The number of carboxylic acids is 1. The number of nitrogens with zero attached hydrogens (tertiary/aromatic N) is 1. The number of carbonyl (C=O) groups is 1. The Morgan fingerprint density at radius 2 is 2.03 bits per heavy atom. The van der Waals surface area contributed by atoms with E-state index < -0.39 is 12.1 Å². The van der Waals surface area contributed by atoms with Crippen molar-refractivity contribution in [2.45, 2.75) is 25.9 Å². The number of aromatic nitrogens is 1. The molecule has 0 aliphatic carbocycles. The lowest BCUT2D eigenvalue weighted by atomic mass is 10.1. The van der Waals surface area contributed by atoms with Crippen molar-refractivity contribution in [3.05, 3.63) is 70.9 Å². The van der Waals surface area contributed by atoms with Gasteiger partial charge in [0.2, 0.25) is 5.89 Å². The minimum atomic E-state index is -0.978. The van der Waals surface area contributed by atoms with Gasteiger partial charge >= 0.3 is 5.97 Å². The van der Waals surface area contributed by atoms with Crippen LogP contribution in [0.15, 0.2) is 58.3 Å². The quantitative estimate of drug-likeness (QED) is 0.391. The molecule has 0 unspecified atom stereocenters. The summed E-state index contributed by atoms with van der Waals surface area (Å²) in [7, 11) is 1.41. The maximum atomic E-state index is 11.4. The summed E-state index contributed by atoms with van der Waals surface area (Å²) in [5, 5.41) is 12.4. The normalized spacial score (nSPS) is 12.2. The van der Waals surface area contributed by atoms with Crippen LogP contribution in [0, 0.1) is 6.92 Å². The van der Waals surface area contributed by atoms with Crippen LogP contribution >= 0.6 is 11.3 Å². The zero-order valence-electron chi connectivity index (χ0n) is 17.3. The van der Waals surface area contributed by atoms with Gasteiger partial charge in [0, 0.05) is 30.2 Å². The van der Waals surface area contributed by atoms with Crippen molar-refractivity contribution in [3.8, 4) is 17.2 Å². The number of thiophene rings is 1. The predicted octanol–water partition coefficient (Wildman–Crippen LogP) is 5.13. The van der Waals surface area contributed by atoms with Crippen molar-refractivity contribution in [2.24, 2.45) is 0 Å². The van der Waals surface area contributed by atoms with E-state index in [0.29, 0.717) is 24.7 Å². The molecular formula is C24H23NO5S. The van der Waals surface area contributed by atoms with Crippen LogP contribution < -0.4 is 4.74 Å². The third-order valence-corrected chi connectivity index (χ3v) is 6.09. The SMILES string of the molecule is CO[C@@H](Cc1cc(OCCc2nc(-c3ccccc3)oc2C)cc2ccsc12)C(=O)O. The average molecular weight is 438 g/mol. The summed E-state index contributed by atoms with van der Waals surface area (Å²) in [6.07, 6.45) is -0.00698. The third-order valence-electron chi connectivity index (χ3n) is 5.09. The maximum absolute atomic E-state index is 11.4. The number of fused-ring (bicyclic) bond motifs is 1. The molecule has 2 aromatic carbocycles. The van der Waals surface area contributed by atoms with Crippen LogP contribution in [-0.4, -0.2) is 35.9 Å². The standard InChI is InChI=1S/C24H23NO5S/c1-15-20(25-23(30-15)16-6-4-3-5-7-16)8-10-29-19-12-17-9-11-31-22(17)18(13-19)14-21(28-2)24(26)27/h3-7,9,11-13,21H,8,10,14H2,1-2H3,(H,26,27)/t21-/m0/s1. The van der Waals surface area contributed by atoms with E-state index in [4.69, 9.17) is 13.9 Å². The summed E-state index contributed by atoms with van der Waals surface area (Å²) in [6, 6.07) is 15.7. The number of carboxylic acid groups (broad SMARTS) is 1. The molecule has 0 fully saturated rings. The second-order valence-electron chi connectivity index (χ2n) is 7.17. The minimum absolute atomic E-state index is 0.281. The van der Waals surface area contributed by atoms with Crippen LogP contribution in [-0.2, 0) is 22.4 Å². The molecule has 0 saturated heterocycles. The zero-order chi connectivity index (χ0) is 21.8. The topological polar surface area (TPSA) is 81.8 Å². The van der Waals surface area contributed by atoms with Crippen LogP contribution in [0.3, 0.4) is 0 Å². The first kappa shape index (κ1) is 21.1. The van der Waals surface area contributed by atoms with Crippen LogP contribution in [0.5, 0.6) is 5.75 Å². The molecule has 1 atom stereocenters. The first-order valence-electron chi connectivity index (χ1n) is 9.95. The van der Waals surface area contributed by atoms with Gasteiger partial charge in [-0.1, -0.05) is 18.2 Å². The van der Waals surface area contributed by atoms with Crippen molar-refractivity contribution >= 4 is 27.4 Å². The van der Waals surface area contributed by atoms with Gasteiger partial charge in [-0.05, 0) is 53.6 Å². The third kappa shape index (κ3) is 4.78. The number of hydrogen-bond acceptors (Lipinski definition) is 6. The molecule has 0 aliphatic heterocycles. The Morgan fingerprint density at radius 3 is 2.77 bits per heavy atom. The first-order chi connectivity index (χ1) is 15.0. The molecule has 7 heteroatoms. The Hall–Kier alpha value is -3.16. The molecule has 0 amide bonds. The molecule has 4 aromatic rings. The number of benzene rings is 2. The Bertz CT molecular complexity index is 1180. The Morgan fingerprint density at radius 1 is 1.23 bits per heavy atom. The van der Waals surface area contributed by atoms with Gasteiger partial charge in [-0.3, -0.25) is 0 Å². The molecule has 0 saturated carbocycles. The van der Waals surface area contributed by atoms with Gasteiger partial charge in [-0.2, -0.15) is 0 Å². The molecule has 1 N–H and O–H groups in total. The molecule has 6 nitrogen and oxygen atoms in total. The van der Waals surface area contributed by atoms with Crippen LogP contribution in [0.1, 0.15) is 17.0 Å². The van der Waals surface area contributed by atoms with E-state index in [2.05, 4.69) is 4.98 Å². The number of ether oxygens (including phenoxy) is 2. The summed E-state index contributed by atoms with van der Waals surface area (Å²) in [4.78, 5) is 16.0. The number of hydrogen-bond donors (Lipinski definition) is 1. The molecule has 4 rings (SSSR count). The van der Waals surface area contributed by atoms with Gasteiger partial charge < -0.3 is 19.0 Å². The number of methoxy groups -OCH3 is 1. The molecule has 0 radical (unpaired) electrons. The van der Waals surface area contributed by atoms with E-state index in [9.17, 15) is 9.90 Å². The van der Waals surface area contributed by atoms with Crippen molar-refractivity contribution in [2.75, 3.05) is 13.7 Å².